The van der Waals surface area contributed by atoms with Crippen LogP contribution in [0.25, 0.3) is 0 Å². The lowest BCUT2D eigenvalue weighted by Crippen LogP contribution is -2.67. The topological polar surface area (TPSA) is 69.6 Å². The molecule has 0 saturated carbocycles. The van der Waals surface area contributed by atoms with Crippen LogP contribution in [0.3, 0.4) is 0 Å². The van der Waals surface area contributed by atoms with Crippen molar-refractivity contribution in [2.75, 3.05) is 26.2 Å². The summed E-state index contributed by atoms with van der Waals surface area (Å²) in [7, 11) is 0. The second-order valence-electron chi connectivity index (χ2n) is 8.89. The molecule has 2 aliphatic rings. The van der Waals surface area contributed by atoms with E-state index < -0.39 is 0 Å². The average Bonchev–Trinajstić information content (AvgIpc) is 2.88. The number of pyridine rings is 2. The standard InChI is InChI=1S/C28H28N4O2/c33-20-26-27(23-11-9-21(10-12-23)7-8-22-5-3-13-29-17-22)25-19-31(15-1-2-16-32(25)26)28(34)24-6-4-14-30-18-24/h3-6,9-14,17-18,25-27,33H,1-2,15-16,19-20H2/t25-,26-,27+/m1/s1. The molecular formula is C28H28N4O2. The SMILES string of the molecule is O=C(c1cccnc1)N1CCCCN2[C@H](CO)[C@@H](c3ccc(C#Cc4cccnc4)cc3)[C@H]2C1. The number of carbonyl (C=O) groups excluding carboxylic acids is 1. The zero-order valence-electron chi connectivity index (χ0n) is 19.0. The molecule has 6 nitrogen and oxygen atoms in total. The number of hydrogen-bond acceptors (Lipinski definition) is 5. The molecule has 172 valence electrons. The fourth-order valence-electron chi connectivity index (χ4n) is 5.17. The van der Waals surface area contributed by atoms with E-state index in [2.05, 4.69) is 38.8 Å². The van der Waals surface area contributed by atoms with E-state index in [4.69, 9.17) is 0 Å². The first-order valence-corrected chi connectivity index (χ1v) is 11.8. The molecule has 0 aliphatic carbocycles. The van der Waals surface area contributed by atoms with E-state index in [1.807, 2.05) is 35.2 Å². The van der Waals surface area contributed by atoms with Crippen LogP contribution < -0.4 is 0 Å². The first-order chi connectivity index (χ1) is 16.7. The summed E-state index contributed by atoms with van der Waals surface area (Å²) in [5.74, 6) is 6.54. The Morgan fingerprint density at radius 1 is 0.941 bits per heavy atom. The first kappa shape index (κ1) is 22.3. The molecule has 2 aromatic heterocycles. The number of amides is 1. The van der Waals surface area contributed by atoms with E-state index in [0.717, 1.165) is 37.1 Å². The highest BCUT2D eigenvalue weighted by molar-refractivity contribution is 5.93. The lowest BCUT2D eigenvalue weighted by molar-refractivity contribution is -0.0606. The zero-order chi connectivity index (χ0) is 23.3. The van der Waals surface area contributed by atoms with Crippen molar-refractivity contribution in [3.63, 3.8) is 0 Å². The maximum absolute atomic E-state index is 13.2. The van der Waals surface area contributed by atoms with Crippen molar-refractivity contribution in [1.29, 1.82) is 0 Å². The van der Waals surface area contributed by atoms with Crippen LogP contribution >= 0.6 is 0 Å². The lowest BCUT2D eigenvalue weighted by Gasteiger charge is -2.57. The van der Waals surface area contributed by atoms with Gasteiger partial charge in [-0.05, 0) is 61.3 Å². The minimum absolute atomic E-state index is 0.0298. The summed E-state index contributed by atoms with van der Waals surface area (Å²) in [5, 5.41) is 10.2. The molecular weight excluding hydrogens is 424 g/mol. The number of aromatic nitrogens is 2. The second-order valence-corrected chi connectivity index (χ2v) is 8.89. The van der Waals surface area contributed by atoms with Crippen LogP contribution in [-0.4, -0.2) is 69.1 Å². The molecule has 6 heteroatoms. The van der Waals surface area contributed by atoms with Crippen LogP contribution in [0.5, 0.6) is 0 Å². The van der Waals surface area contributed by atoms with E-state index in [9.17, 15) is 9.90 Å². The molecule has 2 aliphatic heterocycles. The molecule has 0 radical (unpaired) electrons. The highest BCUT2D eigenvalue weighted by atomic mass is 16.3. The Morgan fingerprint density at radius 3 is 2.38 bits per heavy atom. The summed E-state index contributed by atoms with van der Waals surface area (Å²) in [6.07, 6.45) is 8.79. The fraction of sp³-hybridized carbons (Fsp3) is 0.321. The van der Waals surface area contributed by atoms with Crippen LogP contribution in [0.4, 0.5) is 0 Å². The summed E-state index contributed by atoms with van der Waals surface area (Å²) in [6.45, 7) is 2.46. The van der Waals surface area contributed by atoms with Crippen molar-refractivity contribution in [3.8, 4) is 11.8 Å². The summed E-state index contributed by atoms with van der Waals surface area (Å²) in [4.78, 5) is 25.7. The van der Waals surface area contributed by atoms with Crippen LogP contribution in [0.1, 0.15) is 45.8 Å². The summed E-state index contributed by atoms with van der Waals surface area (Å²) >= 11 is 0. The predicted molar refractivity (Wildman–Crippen MR) is 130 cm³/mol. The van der Waals surface area contributed by atoms with Crippen LogP contribution in [0.15, 0.2) is 73.3 Å². The molecule has 2 fully saturated rings. The Kier molecular flexibility index (Phi) is 6.66. The predicted octanol–water partition coefficient (Wildman–Crippen LogP) is 2.94. The largest absolute Gasteiger partial charge is 0.395 e. The van der Waals surface area contributed by atoms with Crippen LogP contribution in [0.2, 0.25) is 0 Å². The number of aliphatic hydroxyl groups is 1. The third-order valence-electron chi connectivity index (χ3n) is 6.87. The number of benzene rings is 1. The summed E-state index contributed by atoms with van der Waals surface area (Å²) in [6, 6.07) is 16.0. The van der Waals surface area contributed by atoms with E-state index in [0.29, 0.717) is 12.1 Å². The molecule has 4 heterocycles. The Morgan fingerprint density at radius 2 is 1.68 bits per heavy atom. The van der Waals surface area contributed by atoms with Gasteiger partial charge in [-0.15, -0.1) is 0 Å². The minimum Gasteiger partial charge on any atom is -0.395 e. The van der Waals surface area contributed by atoms with Gasteiger partial charge in [0.1, 0.15) is 0 Å². The third-order valence-corrected chi connectivity index (χ3v) is 6.87. The molecule has 1 aromatic carbocycles. The van der Waals surface area contributed by atoms with Crippen molar-refractivity contribution in [2.45, 2.75) is 30.8 Å². The van der Waals surface area contributed by atoms with Gasteiger partial charge in [0.15, 0.2) is 0 Å². The molecule has 3 aromatic rings. The maximum atomic E-state index is 13.2. The molecule has 0 spiro atoms. The van der Waals surface area contributed by atoms with Gasteiger partial charge < -0.3 is 10.0 Å². The average molecular weight is 453 g/mol. The van der Waals surface area contributed by atoms with Gasteiger partial charge in [0, 0.05) is 67.0 Å². The third kappa shape index (κ3) is 4.58. The van der Waals surface area contributed by atoms with Crippen molar-refractivity contribution in [3.05, 3.63) is 95.6 Å². The van der Waals surface area contributed by atoms with E-state index in [1.165, 1.54) is 5.56 Å². The number of rotatable bonds is 3. The monoisotopic (exact) mass is 452 g/mol. The van der Waals surface area contributed by atoms with Gasteiger partial charge in [-0.2, -0.15) is 0 Å². The van der Waals surface area contributed by atoms with Crippen molar-refractivity contribution >= 4 is 5.91 Å². The van der Waals surface area contributed by atoms with Crippen LogP contribution in [0, 0.1) is 11.8 Å². The smallest absolute Gasteiger partial charge is 0.255 e. The Balaban J connectivity index is 1.35. The number of aliphatic hydroxyl groups excluding tert-OH is 1. The molecule has 0 bridgehead atoms. The molecule has 1 amide bonds. The Bertz CT molecular complexity index is 1170. The van der Waals surface area contributed by atoms with E-state index in [-0.39, 0.29) is 30.5 Å². The van der Waals surface area contributed by atoms with Gasteiger partial charge in [-0.25, -0.2) is 0 Å². The zero-order valence-corrected chi connectivity index (χ0v) is 19.0. The van der Waals surface area contributed by atoms with E-state index >= 15 is 0 Å². The van der Waals surface area contributed by atoms with E-state index in [1.54, 1.807) is 30.9 Å². The highest BCUT2D eigenvalue weighted by Gasteiger charge is 2.49. The molecule has 5 rings (SSSR count). The van der Waals surface area contributed by atoms with Gasteiger partial charge in [0.05, 0.1) is 12.2 Å². The summed E-state index contributed by atoms with van der Waals surface area (Å²) in [5.41, 5.74) is 3.63. The highest BCUT2D eigenvalue weighted by Crippen LogP contribution is 2.42. The number of carbonyl (C=O) groups is 1. The van der Waals surface area contributed by atoms with Crippen LogP contribution in [-0.2, 0) is 0 Å². The quantitative estimate of drug-likeness (QED) is 0.619. The van der Waals surface area contributed by atoms with Gasteiger partial charge in [0.25, 0.3) is 5.91 Å². The fourth-order valence-corrected chi connectivity index (χ4v) is 5.17. The van der Waals surface area contributed by atoms with Crippen molar-refractivity contribution in [2.24, 2.45) is 0 Å². The number of fused-ring (bicyclic) bond motifs is 1. The van der Waals surface area contributed by atoms with Gasteiger partial charge >= 0.3 is 0 Å². The normalized spacial score (nSPS) is 22.4. The Hall–Kier alpha value is -3.53. The first-order valence-electron chi connectivity index (χ1n) is 11.8. The van der Waals surface area contributed by atoms with Gasteiger partial charge in [0.2, 0.25) is 0 Å². The van der Waals surface area contributed by atoms with Crippen molar-refractivity contribution in [1.82, 2.24) is 19.8 Å². The molecule has 0 unspecified atom stereocenters. The lowest BCUT2D eigenvalue weighted by atomic mass is 9.74. The van der Waals surface area contributed by atoms with Gasteiger partial charge in [-0.3, -0.25) is 19.7 Å². The minimum atomic E-state index is 0.0298. The van der Waals surface area contributed by atoms with Crippen molar-refractivity contribution < 1.29 is 9.90 Å². The number of nitrogens with zero attached hydrogens (tertiary/aromatic N) is 4. The van der Waals surface area contributed by atoms with Gasteiger partial charge in [-0.1, -0.05) is 24.0 Å². The molecule has 3 atom stereocenters. The molecule has 2 saturated heterocycles. The second kappa shape index (κ2) is 10.2. The maximum Gasteiger partial charge on any atom is 0.255 e. The molecule has 1 N–H and O–H groups in total. The Labute approximate surface area is 200 Å². The summed E-state index contributed by atoms with van der Waals surface area (Å²) < 4.78 is 0. The molecule has 34 heavy (non-hydrogen) atoms. The number of hydrogen-bond donors (Lipinski definition) is 1.